The van der Waals surface area contributed by atoms with Crippen LogP contribution in [0.1, 0.15) is 53.1 Å². The number of phenolic OH excluding ortho intramolecular Hbond substituents is 2. The van der Waals surface area contributed by atoms with Gasteiger partial charge in [0, 0.05) is 21.4 Å². The highest BCUT2D eigenvalue weighted by Crippen LogP contribution is 2.49. The molecule has 3 aromatic carbocycles. The molecule has 1 aliphatic rings. The number of aromatic nitrogens is 2. The summed E-state index contributed by atoms with van der Waals surface area (Å²) >= 11 is 8.20. The fourth-order valence-corrected chi connectivity index (χ4v) is 6.91. The number of aryl methyl sites for hydroxylation is 1. The number of hydrogen-bond acceptors (Lipinski definition) is 7. The third kappa shape index (κ3) is 6.01. The summed E-state index contributed by atoms with van der Waals surface area (Å²) in [6, 6.07) is 25.3. The number of nitriles is 1. The summed E-state index contributed by atoms with van der Waals surface area (Å²) in [7, 11) is 0. The van der Waals surface area contributed by atoms with Gasteiger partial charge in [-0.05, 0) is 67.5 Å². The fraction of sp³-hybridized carbons (Fsp3) is 0.139. The van der Waals surface area contributed by atoms with E-state index in [0.29, 0.717) is 21.3 Å². The van der Waals surface area contributed by atoms with Gasteiger partial charge in [0.1, 0.15) is 33.4 Å². The van der Waals surface area contributed by atoms with Crippen molar-refractivity contribution in [3.63, 3.8) is 0 Å². The van der Waals surface area contributed by atoms with Gasteiger partial charge in [-0.3, -0.25) is 0 Å². The van der Waals surface area contributed by atoms with E-state index < -0.39 is 0 Å². The molecular formula is C36H29ClN6O2S. The van der Waals surface area contributed by atoms with Crippen LogP contribution < -0.4 is 0 Å². The van der Waals surface area contributed by atoms with Crippen LogP contribution in [0.4, 0.5) is 10.7 Å². The molecular weight excluding hydrogens is 616 g/mol. The number of fused-ring (bicyclic) bond motifs is 1. The molecule has 2 aromatic heterocycles. The van der Waals surface area contributed by atoms with Crippen LogP contribution >= 0.6 is 22.9 Å². The summed E-state index contributed by atoms with van der Waals surface area (Å²) in [6.07, 6.45) is 6.77. The second-order valence-electron chi connectivity index (χ2n) is 11.4. The molecule has 6 rings (SSSR count). The topological polar surface area (TPSA) is 119 Å². The zero-order valence-corrected chi connectivity index (χ0v) is 26.9. The second kappa shape index (κ2) is 12.6. The fourth-order valence-electron chi connectivity index (χ4n) is 5.37. The molecule has 0 bridgehead atoms. The number of allylic oxidation sites excluding steroid dienone is 2. The number of halogens is 1. The molecule has 2 N–H and O–H groups in total. The van der Waals surface area contributed by atoms with E-state index in [9.17, 15) is 15.5 Å². The monoisotopic (exact) mass is 644 g/mol. The average molecular weight is 645 g/mol. The van der Waals surface area contributed by atoms with Gasteiger partial charge in [0.05, 0.1) is 22.5 Å². The summed E-state index contributed by atoms with van der Waals surface area (Å²) in [6.45, 7) is 6.22. The van der Waals surface area contributed by atoms with E-state index in [1.165, 1.54) is 23.5 Å². The Morgan fingerprint density at radius 2 is 1.70 bits per heavy atom. The van der Waals surface area contributed by atoms with Crippen LogP contribution in [0, 0.1) is 18.3 Å². The Morgan fingerprint density at radius 1 is 1.00 bits per heavy atom. The standard InChI is InChI=1S/C36H29ClN6O2S/c1-22-25(33(37)43(42-22)24-11-5-4-6-12-24)18-17-23-19-27-28(21-38)35(46-32(27)36(2,3)20-23)39-34(26-13-7-9-15-30(26)44)41-40-29-14-8-10-16-31(29)45/h4-19,44-45H,20H2,1-3H3/b18-17-,39-34+,41-40?. The highest BCUT2D eigenvalue weighted by Gasteiger charge is 2.33. The third-order valence-corrected chi connectivity index (χ3v) is 9.46. The first-order chi connectivity index (χ1) is 22.2. The first-order valence-electron chi connectivity index (χ1n) is 14.5. The summed E-state index contributed by atoms with van der Waals surface area (Å²) in [5.41, 5.74) is 5.06. The molecule has 5 aromatic rings. The molecule has 0 unspecified atom stereocenters. The van der Waals surface area contributed by atoms with E-state index in [1.54, 1.807) is 41.1 Å². The maximum Gasteiger partial charge on any atom is 0.186 e. The van der Waals surface area contributed by atoms with Crippen LogP contribution in [0.25, 0.3) is 17.8 Å². The van der Waals surface area contributed by atoms with Crippen LogP contribution in [-0.4, -0.2) is 25.8 Å². The van der Waals surface area contributed by atoms with Crippen LogP contribution in [0.15, 0.2) is 106 Å². The molecule has 228 valence electrons. The predicted octanol–water partition coefficient (Wildman–Crippen LogP) is 9.82. The number of rotatable bonds is 6. The Kier molecular flexibility index (Phi) is 8.41. The SMILES string of the molecule is Cc1nn(-c2ccccc2)c(Cl)c1/C=C\C1=Cc2c(sc(/N=C(/N=Nc3ccccc3O)c3ccccc3O)c2C#N)C(C)(C)C1. The molecule has 1 aliphatic carbocycles. The summed E-state index contributed by atoms with van der Waals surface area (Å²) < 4.78 is 1.73. The smallest absolute Gasteiger partial charge is 0.186 e. The van der Waals surface area contributed by atoms with Crippen molar-refractivity contribution in [3.05, 3.63) is 128 Å². The maximum absolute atomic E-state index is 10.6. The number of para-hydroxylation sites is 3. The van der Waals surface area contributed by atoms with Gasteiger partial charge in [-0.25, -0.2) is 9.67 Å². The molecule has 0 saturated heterocycles. The lowest BCUT2D eigenvalue weighted by atomic mass is 9.77. The van der Waals surface area contributed by atoms with Gasteiger partial charge in [-0.1, -0.05) is 74.0 Å². The van der Waals surface area contributed by atoms with Crippen molar-refractivity contribution in [3.8, 4) is 23.3 Å². The summed E-state index contributed by atoms with van der Waals surface area (Å²) in [4.78, 5) is 5.81. The zero-order chi connectivity index (χ0) is 32.4. The minimum absolute atomic E-state index is 0.0329. The van der Waals surface area contributed by atoms with Gasteiger partial charge < -0.3 is 10.2 Å². The highest BCUT2D eigenvalue weighted by atomic mass is 35.5. The number of aromatic hydroxyl groups is 2. The molecule has 0 fully saturated rings. The van der Waals surface area contributed by atoms with Crippen LogP contribution in [0.3, 0.4) is 0 Å². The van der Waals surface area contributed by atoms with Gasteiger partial charge in [0.25, 0.3) is 0 Å². The Labute approximate surface area is 275 Å². The normalized spacial score (nSPS) is 14.4. The third-order valence-electron chi connectivity index (χ3n) is 7.63. The molecule has 8 nitrogen and oxygen atoms in total. The Hall–Kier alpha value is -5.30. The van der Waals surface area contributed by atoms with E-state index in [2.05, 4.69) is 35.2 Å². The lowest BCUT2D eigenvalue weighted by Crippen LogP contribution is -2.20. The first kappa shape index (κ1) is 30.7. The molecule has 0 atom stereocenters. The van der Waals surface area contributed by atoms with Gasteiger partial charge in [0.2, 0.25) is 0 Å². The van der Waals surface area contributed by atoms with Gasteiger partial charge in [-0.2, -0.15) is 10.4 Å². The highest BCUT2D eigenvalue weighted by molar-refractivity contribution is 7.16. The van der Waals surface area contributed by atoms with Crippen LogP contribution in [0.5, 0.6) is 11.5 Å². The number of amidine groups is 1. The van der Waals surface area contributed by atoms with Crippen LogP contribution in [-0.2, 0) is 5.41 Å². The largest absolute Gasteiger partial charge is 0.507 e. The minimum Gasteiger partial charge on any atom is -0.507 e. The minimum atomic E-state index is -0.298. The average Bonchev–Trinajstić information content (AvgIpc) is 3.55. The van der Waals surface area contributed by atoms with Crippen molar-refractivity contribution in [1.82, 2.24) is 9.78 Å². The molecule has 0 radical (unpaired) electrons. The van der Waals surface area contributed by atoms with E-state index in [1.807, 2.05) is 55.5 Å². The quantitative estimate of drug-likeness (QED) is 0.109. The van der Waals surface area contributed by atoms with Crippen molar-refractivity contribution in [2.45, 2.75) is 32.6 Å². The lowest BCUT2D eigenvalue weighted by molar-refractivity contribution is 0.474. The first-order valence-corrected chi connectivity index (χ1v) is 15.7. The van der Waals surface area contributed by atoms with Crippen LogP contribution in [0.2, 0.25) is 5.15 Å². The van der Waals surface area contributed by atoms with Crippen molar-refractivity contribution < 1.29 is 10.2 Å². The van der Waals surface area contributed by atoms with E-state index in [0.717, 1.165) is 39.4 Å². The van der Waals surface area contributed by atoms with E-state index in [4.69, 9.17) is 16.6 Å². The van der Waals surface area contributed by atoms with E-state index in [-0.39, 0.29) is 28.4 Å². The number of hydrogen-bond donors (Lipinski definition) is 2. The Balaban J connectivity index is 1.41. The van der Waals surface area contributed by atoms with Crippen molar-refractivity contribution in [2.24, 2.45) is 15.2 Å². The zero-order valence-electron chi connectivity index (χ0n) is 25.3. The molecule has 2 heterocycles. The number of benzene rings is 3. The van der Waals surface area contributed by atoms with Crippen molar-refractivity contribution in [1.29, 1.82) is 5.26 Å². The van der Waals surface area contributed by atoms with Crippen molar-refractivity contribution >= 4 is 51.6 Å². The Morgan fingerprint density at radius 3 is 2.41 bits per heavy atom. The summed E-state index contributed by atoms with van der Waals surface area (Å²) in [5.74, 6) is 0.0388. The van der Waals surface area contributed by atoms with Crippen molar-refractivity contribution in [2.75, 3.05) is 0 Å². The number of nitrogens with zero attached hydrogens (tertiary/aromatic N) is 6. The molecule has 0 aliphatic heterocycles. The molecule has 0 spiro atoms. The van der Waals surface area contributed by atoms with Gasteiger partial charge in [0.15, 0.2) is 5.84 Å². The lowest BCUT2D eigenvalue weighted by Gasteiger charge is -2.29. The Bertz CT molecular complexity index is 2120. The van der Waals surface area contributed by atoms with Gasteiger partial charge in [-0.15, -0.1) is 21.6 Å². The van der Waals surface area contributed by atoms with Gasteiger partial charge >= 0.3 is 0 Å². The predicted molar refractivity (Wildman–Crippen MR) is 184 cm³/mol. The summed E-state index contributed by atoms with van der Waals surface area (Å²) in [5, 5.41) is 45.4. The number of azo groups is 1. The number of aliphatic imine (C=N–C) groups is 1. The second-order valence-corrected chi connectivity index (χ2v) is 12.8. The number of thiophene rings is 1. The molecule has 0 saturated carbocycles. The molecule has 0 amide bonds. The molecule has 46 heavy (non-hydrogen) atoms. The molecule has 10 heteroatoms. The maximum atomic E-state index is 10.6. The van der Waals surface area contributed by atoms with E-state index >= 15 is 0 Å². The number of phenols is 2.